The van der Waals surface area contributed by atoms with Gasteiger partial charge in [-0.15, -0.1) is 11.3 Å². The van der Waals surface area contributed by atoms with E-state index in [0.29, 0.717) is 39.1 Å². The predicted octanol–water partition coefficient (Wildman–Crippen LogP) is 1.60. The summed E-state index contributed by atoms with van der Waals surface area (Å²) in [5.41, 5.74) is 2.11. The van der Waals surface area contributed by atoms with Crippen molar-refractivity contribution in [1.29, 1.82) is 0 Å². The van der Waals surface area contributed by atoms with Gasteiger partial charge in [-0.2, -0.15) is 0 Å². The quantitative estimate of drug-likeness (QED) is 0.656. The Bertz CT molecular complexity index is 1320. The van der Waals surface area contributed by atoms with E-state index < -0.39 is 5.82 Å². The Kier molecular flexibility index (Phi) is 5.75. The molecule has 4 rings (SSSR count). The summed E-state index contributed by atoms with van der Waals surface area (Å²) in [4.78, 5) is 28.0. The highest BCUT2D eigenvalue weighted by molar-refractivity contribution is 7.07. The number of halogens is 1. The number of carbonyl (C=O) groups is 1. The average molecular weight is 440 g/mol. The van der Waals surface area contributed by atoms with Gasteiger partial charge < -0.3 is 15.0 Å². The van der Waals surface area contributed by atoms with Gasteiger partial charge in [0.05, 0.1) is 22.9 Å². The molecule has 1 aromatic heterocycles. The van der Waals surface area contributed by atoms with E-state index >= 15 is 0 Å². The van der Waals surface area contributed by atoms with Gasteiger partial charge in [-0.3, -0.25) is 14.2 Å². The first kappa shape index (κ1) is 21.0. The monoisotopic (exact) mass is 439 g/mol. The number of methoxy groups -OCH3 is 1. The van der Waals surface area contributed by atoms with Crippen LogP contribution < -0.4 is 24.8 Å². The highest BCUT2D eigenvalue weighted by Gasteiger charge is 2.27. The van der Waals surface area contributed by atoms with Crippen LogP contribution in [0.4, 0.5) is 10.1 Å². The number of thiazole rings is 1. The summed E-state index contributed by atoms with van der Waals surface area (Å²) in [6.07, 6.45) is 1.81. The number of hydrogen-bond donors (Lipinski definition) is 1. The van der Waals surface area contributed by atoms with E-state index in [4.69, 9.17) is 4.74 Å². The summed E-state index contributed by atoms with van der Waals surface area (Å²) in [6, 6.07) is 11.6. The summed E-state index contributed by atoms with van der Waals surface area (Å²) in [6.45, 7) is 1.07. The van der Waals surface area contributed by atoms with Gasteiger partial charge >= 0.3 is 0 Å². The predicted molar refractivity (Wildman–Crippen MR) is 120 cm³/mol. The van der Waals surface area contributed by atoms with Crippen molar-refractivity contribution in [3.63, 3.8) is 0 Å². The number of hydrogen-bond acceptors (Lipinski definition) is 5. The smallest absolute Gasteiger partial charge is 0.269 e. The maximum atomic E-state index is 13.6. The van der Waals surface area contributed by atoms with E-state index in [1.54, 1.807) is 23.8 Å². The number of nitrogens with zero attached hydrogens (tertiary/aromatic N) is 2. The third kappa shape index (κ3) is 4.17. The first-order valence-electron chi connectivity index (χ1n) is 9.73. The number of carbonyl (C=O) groups excluding carboxylic acids is 1. The largest absolute Gasteiger partial charge is 0.497 e. The lowest BCUT2D eigenvalue weighted by Crippen LogP contribution is -2.36. The molecule has 2 heterocycles. The molecule has 0 unspecified atom stereocenters. The van der Waals surface area contributed by atoms with Crippen molar-refractivity contribution in [2.75, 3.05) is 33.1 Å². The molecule has 31 heavy (non-hydrogen) atoms. The molecule has 6 nitrogen and oxygen atoms in total. The van der Waals surface area contributed by atoms with Crippen LogP contribution in [0, 0.1) is 5.82 Å². The van der Waals surface area contributed by atoms with Crippen molar-refractivity contribution in [2.24, 2.45) is 0 Å². The minimum absolute atomic E-state index is 0.159. The average Bonchev–Trinajstić information content (AvgIpc) is 3.22. The molecule has 1 aliphatic heterocycles. The Morgan fingerprint density at radius 2 is 1.90 bits per heavy atom. The van der Waals surface area contributed by atoms with Gasteiger partial charge in [-0.25, -0.2) is 4.39 Å². The van der Waals surface area contributed by atoms with Crippen LogP contribution in [0.15, 0.2) is 47.3 Å². The second-order valence-electron chi connectivity index (χ2n) is 7.47. The van der Waals surface area contributed by atoms with E-state index in [-0.39, 0.29) is 11.5 Å². The van der Waals surface area contributed by atoms with E-state index in [0.717, 1.165) is 11.3 Å². The molecule has 0 aliphatic carbocycles. The Hall–Kier alpha value is -3.23. The van der Waals surface area contributed by atoms with Gasteiger partial charge in [0.1, 0.15) is 16.2 Å². The molecule has 160 valence electrons. The van der Waals surface area contributed by atoms with Crippen LogP contribution in [0.5, 0.6) is 5.75 Å². The molecule has 0 fully saturated rings. The topological polar surface area (TPSA) is 63.6 Å². The summed E-state index contributed by atoms with van der Waals surface area (Å²) in [5.74, 6) is -0.0316. The van der Waals surface area contributed by atoms with Gasteiger partial charge in [0.2, 0.25) is 0 Å². The molecular weight excluding hydrogens is 417 g/mol. The number of benzene rings is 2. The van der Waals surface area contributed by atoms with E-state index in [9.17, 15) is 14.0 Å². The Morgan fingerprint density at radius 3 is 2.58 bits per heavy atom. The van der Waals surface area contributed by atoms with Crippen molar-refractivity contribution < 1.29 is 13.9 Å². The maximum absolute atomic E-state index is 13.6. The fraction of sp³-hybridized carbons (Fsp3) is 0.217. The van der Waals surface area contributed by atoms with Crippen LogP contribution in [0.3, 0.4) is 0 Å². The molecule has 0 bridgehead atoms. The van der Waals surface area contributed by atoms with E-state index in [2.05, 4.69) is 5.32 Å². The molecule has 0 saturated heterocycles. The normalized spacial score (nSPS) is 15.4. The number of aromatic nitrogens is 1. The van der Waals surface area contributed by atoms with Gasteiger partial charge in [-0.05, 0) is 56.1 Å². The van der Waals surface area contributed by atoms with Crippen molar-refractivity contribution in [3.8, 4) is 5.75 Å². The Morgan fingerprint density at radius 1 is 1.16 bits per heavy atom. The standard InChI is InChI=1S/C23H22FN3O3S/c1-26(2)10-11-27-22(29)19(12-14-4-7-16(30-3)8-5-14)31-23(27)20-17-9-6-15(24)13-18(17)25-21(20)28/h4-9,12-13H,10-11H2,1-3H3,(H,25,28)/b19-12-,23-20-. The number of anilines is 1. The van der Waals surface area contributed by atoms with E-state index in [1.165, 1.54) is 23.5 Å². The lowest BCUT2D eigenvalue weighted by atomic mass is 10.1. The van der Waals surface area contributed by atoms with Crippen molar-refractivity contribution in [1.82, 2.24) is 9.47 Å². The second-order valence-corrected chi connectivity index (χ2v) is 8.50. The first-order valence-corrected chi connectivity index (χ1v) is 10.5. The minimum atomic E-state index is -0.426. The molecule has 2 aromatic carbocycles. The molecule has 0 radical (unpaired) electrons. The van der Waals surface area contributed by atoms with Gasteiger partial charge in [0, 0.05) is 18.7 Å². The number of ether oxygens (including phenoxy) is 1. The van der Waals surface area contributed by atoms with Crippen molar-refractivity contribution in [3.05, 3.63) is 79.0 Å². The van der Waals surface area contributed by atoms with Crippen LogP contribution in [-0.2, 0) is 11.3 Å². The fourth-order valence-electron chi connectivity index (χ4n) is 3.42. The SMILES string of the molecule is COc1ccc(/C=c2\s/c(=C3\C(=O)Nc4cc(F)ccc43)n(CCN(C)C)c2=O)cc1. The fourth-order valence-corrected chi connectivity index (χ4v) is 4.61. The lowest BCUT2D eigenvalue weighted by Gasteiger charge is -2.10. The molecule has 1 amide bonds. The van der Waals surface area contributed by atoms with Crippen molar-refractivity contribution >= 4 is 34.6 Å². The van der Waals surface area contributed by atoms with Crippen LogP contribution in [0.2, 0.25) is 0 Å². The van der Waals surface area contributed by atoms with Crippen LogP contribution in [-0.4, -0.2) is 43.1 Å². The second kappa shape index (κ2) is 8.49. The third-order valence-electron chi connectivity index (χ3n) is 5.03. The molecular formula is C23H22FN3O3S. The number of likely N-dealkylation sites (N-methyl/N-ethyl adjacent to an activating group) is 1. The molecule has 0 saturated carbocycles. The van der Waals surface area contributed by atoms with Gasteiger partial charge in [-0.1, -0.05) is 12.1 Å². The molecule has 3 aromatic rings. The summed E-state index contributed by atoms with van der Waals surface area (Å²) in [5, 5.41) is 2.71. The minimum Gasteiger partial charge on any atom is -0.497 e. The lowest BCUT2D eigenvalue weighted by molar-refractivity contribution is -0.110. The number of nitrogens with one attached hydrogen (secondary N) is 1. The zero-order valence-electron chi connectivity index (χ0n) is 17.4. The molecule has 1 aliphatic rings. The maximum Gasteiger partial charge on any atom is 0.269 e. The van der Waals surface area contributed by atoms with Crippen molar-refractivity contribution in [2.45, 2.75) is 6.54 Å². The molecule has 1 N–H and O–H groups in total. The zero-order chi connectivity index (χ0) is 22.1. The highest BCUT2D eigenvalue weighted by Crippen LogP contribution is 2.30. The first-order chi connectivity index (χ1) is 14.9. The van der Waals surface area contributed by atoms with Crippen LogP contribution in [0.1, 0.15) is 11.1 Å². The summed E-state index contributed by atoms with van der Waals surface area (Å²) >= 11 is 1.26. The summed E-state index contributed by atoms with van der Waals surface area (Å²) < 4.78 is 21.5. The van der Waals surface area contributed by atoms with Gasteiger partial charge in [0.25, 0.3) is 11.5 Å². The van der Waals surface area contributed by atoms with E-state index in [1.807, 2.05) is 43.3 Å². The molecule has 0 atom stereocenters. The van der Waals surface area contributed by atoms with Crippen LogP contribution >= 0.6 is 11.3 Å². The molecule has 0 spiro atoms. The number of amides is 1. The number of fused-ring (bicyclic) bond motifs is 1. The third-order valence-corrected chi connectivity index (χ3v) is 6.16. The van der Waals surface area contributed by atoms with Gasteiger partial charge in [0.15, 0.2) is 0 Å². The van der Waals surface area contributed by atoms with Crippen LogP contribution in [0.25, 0.3) is 11.6 Å². The summed E-state index contributed by atoms with van der Waals surface area (Å²) in [7, 11) is 5.45. The molecule has 8 heteroatoms. The number of rotatable bonds is 5. The Balaban J connectivity index is 1.95. The zero-order valence-corrected chi connectivity index (χ0v) is 18.3. The highest BCUT2D eigenvalue weighted by atomic mass is 32.1. The Labute approximate surface area is 182 Å².